The molecule has 4 aromatic rings. The minimum atomic E-state index is -0.973. The van der Waals surface area contributed by atoms with Gasteiger partial charge in [-0.15, -0.1) is 5.10 Å². The molecule has 0 spiro atoms. The predicted octanol–water partition coefficient (Wildman–Crippen LogP) is 2.65. The first-order valence-corrected chi connectivity index (χ1v) is 8.46. The summed E-state index contributed by atoms with van der Waals surface area (Å²) in [6.07, 6.45) is 0.649. The largest absolute Gasteiger partial charge is 0.448 e. The topological polar surface area (TPSA) is 102 Å². The Morgan fingerprint density at radius 1 is 1.19 bits per heavy atom. The molecule has 4 rings (SSSR count). The Labute approximate surface area is 154 Å². The van der Waals surface area contributed by atoms with Crippen LogP contribution in [0.25, 0.3) is 16.7 Å². The van der Waals surface area contributed by atoms with Gasteiger partial charge in [-0.3, -0.25) is 4.79 Å². The molecule has 27 heavy (non-hydrogen) atoms. The second-order valence-electron chi connectivity index (χ2n) is 6.35. The molecule has 3 heterocycles. The van der Waals surface area contributed by atoms with Gasteiger partial charge in [0.05, 0.1) is 0 Å². The number of rotatable bonds is 4. The number of carbonyl (C=O) groups is 2. The smallest absolute Gasteiger partial charge is 0.379 e. The lowest BCUT2D eigenvalue weighted by molar-refractivity contribution is 0.0308. The van der Waals surface area contributed by atoms with Crippen LogP contribution in [0.2, 0.25) is 0 Å². The van der Waals surface area contributed by atoms with Crippen LogP contribution in [-0.2, 0) is 4.74 Å². The number of hydrogen-bond donors (Lipinski definition) is 1. The Kier molecular flexibility index (Phi) is 3.95. The van der Waals surface area contributed by atoms with Crippen molar-refractivity contribution in [3.63, 3.8) is 0 Å². The van der Waals surface area contributed by atoms with E-state index in [9.17, 15) is 9.59 Å². The van der Waals surface area contributed by atoms with Crippen LogP contribution >= 0.6 is 0 Å². The lowest BCUT2D eigenvalue weighted by Crippen LogP contribution is -2.25. The van der Waals surface area contributed by atoms with Crippen molar-refractivity contribution in [2.24, 2.45) is 0 Å². The van der Waals surface area contributed by atoms with Crippen LogP contribution in [0.3, 0.4) is 0 Å². The lowest BCUT2D eigenvalue weighted by atomic mass is 10.1. The second-order valence-corrected chi connectivity index (χ2v) is 6.35. The number of nitrogens with zero attached hydrogens (tertiary/aromatic N) is 4. The molecule has 0 fully saturated rings. The summed E-state index contributed by atoms with van der Waals surface area (Å²) in [5.74, 6) is -0.877. The Hall–Kier alpha value is -3.55. The summed E-state index contributed by atoms with van der Waals surface area (Å²) in [5, 5.41) is 4.91. The lowest BCUT2D eigenvalue weighted by Gasteiger charge is -2.10. The summed E-state index contributed by atoms with van der Waals surface area (Å²) in [5.41, 5.74) is 2.89. The van der Waals surface area contributed by atoms with Crippen LogP contribution in [-0.4, -0.2) is 42.4 Å². The Balaban J connectivity index is 1.57. The summed E-state index contributed by atoms with van der Waals surface area (Å²) >= 11 is 0. The molecule has 0 unspecified atom stereocenters. The first-order chi connectivity index (χ1) is 12.9. The van der Waals surface area contributed by atoms with Crippen LogP contribution < -0.4 is 0 Å². The van der Waals surface area contributed by atoms with E-state index in [2.05, 4.69) is 20.1 Å². The molecule has 0 bridgehead atoms. The number of benzene rings is 1. The number of hydrogen-bond acceptors (Lipinski definition) is 6. The zero-order chi connectivity index (χ0) is 19.1. The quantitative estimate of drug-likeness (QED) is 0.442. The van der Waals surface area contributed by atoms with E-state index in [0.29, 0.717) is 11.3 Å². The molecule has 0 aliphatic carbocycles. The summed E-state index contributed by atoms with van der Waals surface area (Å²) in [6.45, 7) is 5.21. The molecule has 136 valence electrons. The fraction of sp³-hybridized carbons (Fsp3) is 0.211. The third kappa shape index (κ3) is 2.95. The Morgan fingerprint density at radius 3 is 2.78 bits per heavy atom. The number of ether oxygens (including phenoxy) is 1. The van der Waals surface area contributed by atoms with E-state index in [0.717, 1.165) is 22.3 Å². The number of ketones is 1. The number of aromatic amines is 1. The molecule has 8 nitrogen and oxygen atoms in total. The van der Waals surface area contributed by atoms with Gasteiger partial charge in [0.15, 0.2) is 6.10 Å². The maximum Gasteiger partial charge on any atom is 0.379 e. The first kappa shape index (κ1) is 16.9. The molecule has 3 aromatic heterocycles. The van der Waals surface area contributed by atoms with Gasteiger partial charge in [0.1, 0.15) is 0 Å². The molecule has 0 saturated heterocycles. The van der Waals surface area contributed by atoms with Crippen LogP contribution in [0.5, 0.6) is 0 Å². The number of esters is 1. The van der Waals surface area contributed by atoms with E-state index in [4.69, 9.17) is 4.74 Å². The first-order valence-electron chi connectivity index (χ1n) is 8.46. The van der Waals surface area contributed by atoms with Crippen LogP contribution in [0, 0.1) is 13.8 Å². The van der Waals surface area contributed by atoms with E-state index >= 15 is 0 Å². The van der Waals surface area contributed by atoms with Crippen LogP contribution in [0.1, 0.15) is 39.3 Å². The average Bonchev–Trinajstić information content (AvgIpc) is 3.25. The van der Waals surface area contributed by atoms with E-state index < -0.39 is 12.1 Å². The van der Waals surface area contributed by atoms with Gasteiger partial charge in [0.2, 0.25) is 5.78 Å². The van der Waals surface area contributed by atoms with Crippen molar-refractivity contribution in [3.05, 3.63) is 59.3 Å². The maximum atomic E-state index is 12.7. The molecular formula is C19H17N5O3. The summed E-state index contributed by atoms with van der Waals surface area (Å²) in [6, 6.07) is 9.28. The molecule has 1 aromatic carbocycles. The minimum absolute atomic E-state index is 0.130. The van der Waals surface area contributed by atoms with Crippen molar-refractivity contribution in [2.45, 2.75) is 26.9 Å². The molecule has 0 saturated carbocycles. The maximum absolute atomic E-state index is 12.7. The molecule has 1 atom stereocenters. The van der Waals surface area contributed by atoms with Gasteiger partial charge >= 0.3 is 5.97 Å². The molecule has 0 amide bonds. The highest BCUT2D eigenvalue weighted by atomic mass is 16.5. The highest BCUT2D eigenvalue weighted by molar-refractivity contribution is 6.10. The summed E-state index contributed by atoms with van der Waals surface area (Å²) < 4.78 is 6.77. The molecule has 1 N–H and O–H groups in total. The number of H-pyrrole nitrogens is 1. The average molecular weight is 363 g/mol. The zero-order valence-electron chi connectivity index (χ0n) is 15.1. The molecule has 0 aliphatic rings. The van der Waals surface area contributed by atoms with Crippen molar-refractivity contribution in [1.29, 1.82) is 0 Å². The number of carbonyl (C=O) groups excluding carboxylic acids is 2. The van der Waals surface area contributed by atoms with Crippen molar-refractivity contribution < 1.29 is 14.3 Å². The number of fused-ring (bicyclic) bond motifs is 2. The van der Waals surface area contributed by atoms with E-state index in [1.54, 1.807) is 6.20 Å². The third-order valence-corrected chi connectivity index (χ3v) is 4.31. The van der Waals surface area contributed by atoms with Crippen LogP contribution in [0.15, 0.2) is 36.5 Å². The van der Waals surface area contributed by atoms with Crippen molar-refractivity contribution >= 4 is 28.4 Å². The molecule has 0 aliphatic heterocycles. The fourth-order valence-corrected chi connectivity index (χ4v) is 3.01. The molecular weight excluding hydrogens is 346 g/mol. The Morgan fingerprint density at radius 2 is 1.96 bits per heavy atom. The normalized spacial score (nSPS) is 12.4. The van der Waals surface area contributed by atoms with Gasteiger partial charge in [-0.05, 0) is 32.9 Å². The van der Waals surface area contributed by atoms with Crippen molar-refractivity contribution in [2.75, 3.05) is 0 Å². The number of para-hydroxylation sites is 1. The van der Waals surface area contributed by atoms with Crippen molar-refractivity contribution in [1.82, 2.24) is 24.6 Å². The van der Waals surface area contributed by atoms with E-state index in [1.807, 2.05) is 44.2 Å². The Bertz CT molecular complexity index is 1190. The number of nitrogens with one attached hydrogen (secondary N) is 1. The van der Waals surface area contributed by atoms with Gasteiger partial charge in [-0.25, -0.2) is 14.3 Å². The van der Waals surface area contributed by atoms with E-state index in [-0.39, 0.29) is 11.6 Å². The summed E-state index contributed by atoms with van der Waals surface area (Å²) in [4.78, 5) is 36.5. The zero-order valence-corrected chi connectivity index (χ0v) is 15.1. The van der Waals surface area contributed by atoms with E-state index in [1.165, 1.54) is 11.4 Å². The van der Waals surface area contributed by atoms with Crippen molar-refractivity contribution in [3.8, 4) is 0 Å². The van der Waals surface area contributed by atoms with Gasteiger partial charge in [-0.1, -0.05) is 18.2 Å². The predicted molar refractivity (Wildman–Crippen MR) is 97.8 cm³/mol. The standard InChI is InChI=1S/C19H17N5O3/c1-10-8-11(2)24-19(21-10)22-17(23-24)18(26)27-12(3)16(25)14-9-20-15-7-5-4-6-13(14)15/h4-9,12,20H,1-3H3/t12-/m1/s1. The second kappa shape index (κ2) is 6.31. The van der Waals surface area contributed by atoms with Gasteiger partial charge in [-0.2, -0.15) is 4.98 Å². The highest BCUT2D eigenvalue weighted by Gasteiger charge is 2.25. The number of aryl methyl sites for hydroxylation is 2. The number of Topliss-reactive ketones (excluding diaryl/α,β-unsaturated/α-hetero) is 1. The van der Waals surface area contributed by atoms with Gasteiger partial charge < -0.3 is 9.72 Å². The highest BCUT2D eigenvalue weighted by Crippen LogP contribution is 2.20. The summed E-state index contributed by atoms with van der Waals surface area (Å²) in [7, 11) is 0. The number of aromatic nitrogens is 5. The van der Waals surface area contributed by atoms with Gasteiger partial charge in [0.25, 0.3) is 11.6 Å². The van der Waals surface area contributed by atoms with Gasteiger partial charge in [0, 0.05) is 34.1 Å². The van der Waals surface area contributed by atoms with Crippen LogP contribution in [0.4, 0.5) is 0 Å². The monoisotopic (exact) mass is 363 g/mol. The molecule has 0 radical (unpaired) electrons. The third-order valence-electron chi connectivity index (χ3n) is 4.31. The fourth-order valence-electron chi connectivity index (χ4n) is 3.01. The SMILES string of the molecule is Cc1cc(C)n2nc(C(=O)O[C@H](C)C(=O)c3c[nH]c4ccccc34)nc2n1. The minimum Gasteiger partial charge on any atom is -0.448 e. The molecule has 8 heteroatoms.